The molecule has 0 amide bonds. The molecule has 0 fully saturated rings. The van der Waals surface area contributed by atoms with Crippen molar-refractivity contribution < 1.29 is 29.6 Å². The number of nitrogens with zero attached hydrogens (tertiary/aromatic N) is 1. The summed E-state index contributed by atoms with van der Waals surface area (Å²) in [4.78, 5) is 3.92. The van der Waals surface area contributed by atoms with Gasteiger partial charge in [0.15, 0.2) is 0 Å². The average Bonchev–Trinajstić information content (AvgIpc) is 1.69. The first kappa shape index (κ1) is 8.15. The number of aromatic nitrogens is 1. The van der Waals surface area contributed by atoms with Gasteiger partial charge in [0.2, 0.25) is 0 Å². The summed E-state index contributed by atoms with van der Waals surface area (Å²) in [6.07, 6.45) is 1.76. The van der Waals surface area contributed by atoms with Crippen molar-refractivity contribution in [1.82, 2.24) is 4.98 Å². The minimum absolute atomic E-state index is 0. The van der Waals surface area contributed by atoms with Gasteiger partial charge in [0.25, 0.3) is 0 Å². The molecule has 1 aromatic heterocycles. The van der Waals surface area contributed by atoms with Crippen molar-refractivity contribution in [2.45, 2.75) is 6.92 Å². The number of aryl methyl sites for hydroxylation is 1. The van der Waals surface area contributed by atoms with Crippen molar-refractivity contribution in [3.05, 3.63) is 30.1 Å². The smallest absolute Gasteiger partial charge is 0.301 e. The van der Waals surface area contributed by atoms with Gasteiger partial charge in [-0.05, 0) is 6.92 Å². The van der Waals surface area contributed by atoms with E-state index in [-0.39, 0.29) is 29.6 Å². The number of rotatable bonds is 0. The fourth-order valence-electron chi connectivity index (χ4n) is 0.404. The van der Waals surface area contributed by atoms with Gasteiger partial charge in [0, 0.05) is 0 Å². The van der Waals surface area contributed by atoms with Gasteiger partial charge in [-0.25, -0.2) is 12.1 Å². The molecule has 0 aliphatic rings. The van der Waals surface area contributed by atoms with Crippen LogP contribution in [0.4, 0.5) is 0 Å². The van der Waals surface area contributed by atoms with Gasteiger partial charge >= 0.3 is 29.6 Å². The normalized spacial score (nSPS) is 7.62. The fraction of sp³-hybridized carbons (Fsp3) is 0.167. The molecule has 1 rings (SSSR count). The Labute approximate surface area is 71.4 Å². The van der Waals surface area contributed by atoms with Gasteiger partial charge in [-0.1, -0.05) is 11.9 Å². The van der Waals surface area contributed by atoms with Crippen molar-refractivity contribution >= 4 is 0 Å². The SMILES string of the molecule is Cc1[c-]cccn1.[Na+]. The Hall–Kier alpha value is 0.150. The average molecular weight is 115 g/mol. The van der Waals surface area contributed by atoms with Crippen LogP contribution < -0.4 is 29.6 Å². The van der Waals surface area contributed by atoms with E-state index in [1.807, 2.05) is 19.1 Å². The van der Waals surface area contributed by atoms with Crippen LogP contribution in [0.15, 0.2) is 18.3 Å². The van der Waals surface area contributed by atoms with Crippen LogP contribution in [0.1, 0.15) is 5.69 Å². The standard InChI is InChI=1S/C6H6N.Na/c1-6-4-2-3-5-7-6;/h2-3,5H,1H3;/q-1;+1. The molecule has 8 heavy (non-hydrogen) atoms. The zero-order valence-electron chi connectivity index (χ0n) is 5.18. The Morgan fingerprint density at radius 3 is 2.62 bits per heavy atom. The predicted molar refractivity (Wildman–Crippen MR) is 27.8 cm³/mol. The first-order chi connectivity index (χ1) is 3.39. The summed E-state index contributed by atoms with van der Waals surface area (Å²) >= 11 is 0. The molecule has 0 spiro atoms. The maximum Gasteiger partial charge on any atom is 1.00 e. The quantitative estimate of drug-likeness (QED) is 0.287. The van der Waals surface area contributed by atoms with Gasteiger partial charge in [-0.3, -0.25) is 0 Å². The van der Waals surface area contributed by atoms with E-state index in [2.05, 4.69) is 11.1 Å². The van der Waals surface area contributed by atoms with E-state index in [4.69, 9.17) is 0 Å². The molecule has 0 aliphatic carbocycles. The number of hydrogen-bond acceptors (Lipinski definition) is 1. The maximum atomic E-state index is 3.92. The molecule has 0 unspecified atom stereocenters. The number of hydrogen-bond donors (Lipinski definition) is 0. The van der Waals surface area contributed by atoms with Crippen LogP contribution in [0.5, 0.6) is 0 Å². The summed E-state index contributed by atoms with van der Waals surface area (Å²) in [6.45, 7) is 1.92. The summed E-state index contributed by atoms with van der Waals surface area (Å²) in [5, 5.41) is 0. The zero-order valence-corrected chi connectivity index (χ0v) is 7.18. The molecule has 0 atom stereocenters. The molecule has 1 nitrogen and oxygen atoms in total. The van der Waals surface area contributed by atoms with Crippen LogP contribution >= 0.6 is 0 Å². The molecule has 2 heteroatoms. The molecule has 0 bridgehead atoms. The van der Waals surface area contributed by atoms with E-state index in [1.165, 1.54) is 0 Å². The Morgan fingerprint density at radius 1 is 1.62 bits per heavy atom. The molecule has 36 valence electrons. The molecule has 0 aromatic carbocycles. The Balaban J connectivity index is 0.000000490. The van der Waals surface area contributed by atoms with Gasteiger partial charge in [0.1, 0.15) is 0 Å². The minimum Gasteiger partial charge on any atom is -0.301 e. The number of pyridine rings is 1. The first-order valence-electron chi connectivity index (χ1n) is 2.19. The summed E-state index contributed by atoms with van der Waals surface area (Å²) in [5.74, 6) is 0. The van der Waals surface area contributed by atoms with E-state index in [0.29, 0.717) is 0 Å². The van der Waals surface area contributed by atoms with Crippen LogP contribution in [0.25, 0.3) is 0 Å². The summed E-state index contributed by atoms with van der Waals surface area (Å²) in [6, 6.07) is 6.62. The summed E-state index contributed by atoms with van der Waals surface area (Å²) in [5.41, 5.74) is 0.947. The zero-order chi connectivity index (χ0) is 5.11. The predicted octanol–water partition coefficient (Wildman–Crippen LogP) is -1.81. The van der Waals surface area contributed by atoms with Crippen LogP contribution in [0.3, 0.4) is 0 Å². The Morgan fingerprint density at radius 2 is 2.38 bits per heavy atom. The summed E-state index contributed by atoms with van der Waals surface area (Å²) in [7, 11) is 0. The molecular weight excluding hydrogens is 109 g/mol. The monoisotopic (exact) mass is 115 g/mol. The Bertz CT molecular complexity index is 138. The largest absolute Gasteiger partial charge is 1.00 e. The first-order valence-corrected chi connectivity index (χ1v) is 2.19. The molecule has 0 N–H and O–H groups in total. The second-order valence-corrected chi connectivity index (χ2v) is 1.37. The summed E-state index contributed by atoms with van der Waals surface area (Å²) < 4.78 is 0. The van der Waals surface area contributed by atoms with Gasteiger partial charge in [-0.2, -0.15) is 6.07 Å². The van der Waals surface area contributed by atoms with Crippen molar-refractivity contribution in [1.29, 1.82) is 0 Å². The topological polar surface area (TPSA) is 12.9 Å². The van der Waals surface area contributed by atoms with E-state index in [1.54, 1.807) is 6.20 Å². The molecule has 0 saturated carbocycles. The van der Waals surface area contributed by atoms with Gasteiger partial charge in [-0.15, -0.1) is 0 Å². The third-order valence-electron chi connectivity index (χ3n) is 0.743. The maximum absolute atomic E-state index is 3.92. The minimum atomic E-state index is 0. The van der Waals surface area contributed by atoms with Crippen molar-refractivity contribution in [2.24, 2.45) is 0 Å². The Kier molecular flexibility index (Phi) is 4.15. The van der Waals surface area contributed by atoms with E-state index in [9.17, 15) is 0 Å². The fourth-order valence-corrected chi connectivity index (χ4v) is 0.404. The third kappa shape index (κ3) is 2.46. The van der Waals surface area contributed by atoms with Crippen LogP contribution in [-0.4, -0.2) is 4.98 Å². The van der Waals surface area contributed by atoms with Crippen molar-refractivity contribution in [3.8, 4) is 0 Å². The molecule has 1 heterocycles. The third-order valence-corrected chi connectivity index (χ3v) is 0.743. The molecule has 1 aromatic rings. The van der Waals surface area contributed by atoms with Crippen LogP contribution in [0, 0.1) is 13.0 Å². The van der Waals surface area contributed by atoms with E-state index >= 15 is 0 Å². The van der Waals surface area contributed by atoms with Gasteiger partial charge in [0.05, 0.1) is 0 Å². The second kappa shape index (κ2) is 4.07. The van der Waals surface area contributed by atoms with Crippen molar-refractivity contribution in [3.63, 3.8) is 0 Å². The molecule has 0 radical (unpaired) electrons. The molecule has 0 aliphatic heterocycles. The molecule has 0 saturated heterocycles. The van der Waals surface area contributed by atoms with E-state index < -0.39 is 0 Å². The van der Waals surface area contributed by atoms with Crippen LogP contribution in [-0.2, 0) is 0 Å². The van der Waals surface area contributed by atoms with E-state index in [0.717, 1.165) is 5.69 Å². The van der Waals surface area contributed by atoms with Crippen LogP contribution in [0.2, 0.25) is 0 Å². The molecular formula is C6H6NNa. The van der Waals surface area contributed by atoms with Gasteiger partial charge < -0.3 is 4.98 Å². The van der Waals surface area contributed by atoms with Crippen molar-refractivity contribution in [2.75, 3.05) is 0 Å². The second-order valence-electron chi connectivity index (χ2n) is 1.37.